The quantitative estimate of drug-likeness (QED) is 0.850. The van der Waals surface area contributed by atoms with Gasteiger partial charge < -0.3 is 5.11 Å². The van der Waals surface area contributed by atoms with E-state index < -0.39 is 0 Å². The topological polar surface area (TPSA) is 75.1 Å². The number of aromatic nitrogens is 2. The van der Waals surface area contributed by atoms with Crippen LogP contribution in [0.1, 0.15) is 33.4 Å². The Bertz CT molecular complexity index is 713. The molecule has 0 aliphatic rings. The van der Waals surface area contributed by atoms with Gasteiger partial charge in [-0.05, 0) is 19.4 Å². The lowest BCUT2D eigenvalue weighted by Crippen LogP contribution is -2.12. The van der Waals surface area contributed by atoms with E-state index in [0.29, 0.717) is 16.3 Å². The number of hydrogen-bond acceptors (Lipinski definition) is 5. The Balaban J connectivity index is 2.16. The number of anilines is 1. The van der Waals surface area contributed by atoms with Crippen molar-refractivity contribution in [1.82, 2.24) is 9.97 Å². The van der Waals surface area contributed by atoms with Crippen molar-refractivity contribution in [3.05, 3.63) is 40.2 Å². The predicted octanol–water partition coefficient (Wildman–Crippen LogP) is 2.01. The number of aliphatic hydroxyl groups is 1. The molecule has 1 amide bonds. The first-order valence-electron chi connectivity index (χ1n) is 6.46. The largest absolute Gasteiger partial charge is 0.384 e. The number of aryl methyl sites for hydroxylation is 2. The third-order valence-electron chi connectivity index (χ3n) is 2.76. The highest BCUT2D eigenvalue weighted by molar-refractivity contribution is 7.15. The predicted molar refractivity (Wildman–Crippen MR) is 82.4 cm³/mol. The Labute approximate surface area is 127 Å². The van der Waals surface area contributed by atoms with Crippen LogP contribution in [-0.2, 0) is 6.42 Å². The van der Waals surface area contributed by atoms with Crippen molar-refractivity contribution in [3.63, 3.8) is 0 Å². The van der Waals surface area contributed by atoms with E-state index in [-0.39, 0.29) is 12.5 Å². The van der Waals surface area contributed by atoms with Gasteiger partial charge in [0.1, 0.15) is 6.61 Å². The molecule has 0 fully saturated rings. The maximum Gasteiger partial charge on any atom is 0.259 e. The Kier molecular flexibility index (Phi) is 5.04. The summed E-state index contributed by atoms with van der Waals surface area (Å²) in [7, 11) is 0. The second-order valence-electron chi connectivity index (χ2n) is 4.25. The molecule has 0 aromatic carbocycles. The first-order valence-corrected chi connectivity index (χ1v) is 7.28. The molecule has 5 nitrogen and oxygen atoms in total. The normalized spacial score (nSPS) is 9.86. The van der Waals surface area contributed by atoms with Crippen LogP contribution in [0.15, 0.2) is 18.5 Å². The molecular weight excluding hydrogens is 286 g/mol. The Morgan fingerprint density at radius 1 is 1.48 bits per heavy atom. The van der Waals surface area contributed by atoms with Gasteiger partial charge in [-0.15, -0.1) is 11.3 Å². The molecule has 2 aromatic heterocycles. The molecule has 0 radical (unpaired) electrons. The fourth-order valence-corrected chi connectivity index (χ4v) is 2.65. The molecule has 21 heavy (non-hydrogen) atoms. The van der Waals surface area contributed by atoms with Crippen LogP contribution in [0.4, 0.5) is 5.13 Å². The number of rotatable bonds is 3. The average Bonchev–Trinajstić information content (AvgIpc) is 2.85. The highest BCUT2D eigenvalue weighted by Gasteiger charge is 2.11. The van der Waals surface area contributed by atoms with E-state index >= 15 is 0 Å². The molecule has 6 heteroatoms. The fraction of sp³-hybridized carbons (Fsp3) is 0.267. The number of nitrogens with one attached hydrogen (secondary N) is 1. The fourth-order valence-electron chi connectivity index (χ4n) is 1.75. The molecule has 0 saturated heterocycles. The van der Waals surface area contributed by atoms with E-state index in [2.05, 4.69) is 27.1 Å². The second-order valence-corrected chi connectivity index (χ2v) is 5.45. The summed E-state index contributed by atoms with van der Waals surface area (Å²) < 4.78 is 0. The number of pyridine rings is 1. The van der Waals surface area contributed by atoms with Crippen LogP contribution in [0.2, 0.25) is 0 Å². The summed E-state index contributed by atoms with van der Waals surface area (Å²) in [5.41, 5.74) is 1.99. The van der Waals surface area contributed by atoms with Crippen LogP contribution in [0.3, 0.4) is 0 Å². The van der Waals surface area contributed by atoms with Crippen LogP contribution in [0.5, 0.6) is 0 Å². The lowest BCUT2D eigenvalue weighted by molar-refractivity contribution is 0.102. The molecule has 0 spiro atoms. The van der Waals surface area contributed by atoms with Crippen LogP contribution in [-0.4, -0.2) is 27.6 Å². The lowest BCUT2D eigenvalue weighted by Gasteiger charge is -2.01. The number of hydrogen-bond donors (Lipinski definition) is 2. The van der Waals surface area contributed by atoms with Crippen LogP contribution >= 0.6 is 11.3 Å². The summed E-state index contributed by atoms with van der Waals surface area (Å²) in [6.07, 6.45) is 3.86. The number of carbonyl (C=O) groups is 1. The SMILES string of the molecule is CCc1nc(NC(=O)c2cncc(C#CCO)c2)sc1C. The van der Waals surface area contributed by atoms with Crippen molar-refractivity contribution in [3.8, 4) is 11.8 Å². The molecular formula is C15H15N3O2S. The average molecular weight is 301 g/mol. The molecule has 0 saturated carbocycles. The van der Waals surface area contributed by atoms with Gasteiger partial charge in [-0.2, -0.15) is 0 Å². The van der Waals surface area contributed by atoms with Crippen molar-refractivity contribution < 1.29 is 9.90 Å². The Hall–Kier alpha value is -2.23. The zero-order valence-electron chi connectivity index (χ0n) is 11.8. The third kappa shape index (κ3) is 3.88. The molecule has 0 aliphatic carbocycles. The van der Waals surface area contributed by atoms with E-state index in [1.165, 1.54) is 17.5 Å². The monoisotopic (exact) mass is 301 g/mol. The van der Waals surface area contributed by atoms with Gasteiger partial charge in [0.05, 0.1) is 11.3 Å². The third-order valence-corrected chi connectivity index (χ3v) is 3.69. The molecule has 0 atom stereocenters. The van der Waals surface area contributed by atoms with Crippen molar-refractivity contribution >= 4 is 22.4 Å². The van der Waals surface area contributed by atoms with Crippen LogP contribution in [0, 0.1) is 18.8 Å². The summed E-state index contributed by atoms with van der Waals surface area (Å²) in [4.78, 5) is 21.6. The molecule has 0 aliphatic heterocycles. The zero-order chi connectivity index (χ0) is 15.2. The van der Waals surface area contributed by atoms with E-state index in [1.807, 2.05) is 13.8 Å². The standard InChI is InChI=1S/C15H15N3O2S/c1-3-13-10(2)21-15(17-13)18-14(20)12-7-11(5-4-6-19)8-16-9-12/h7-9,19H,3,6H2,1-2H3,(H,17,18,20). The summed E-state index contributed by atoms with van der Waals surface area (Å²) in [5, 5.41) is 12.0. The van der Waals surface area contributed by atoms with Gasteiger partial charge in [0.15, 0.2) is 5.13 Å². The first kappa shape index (κ1) is 15.2. The second kappa shape index (κ2) is 6.97. The van der Waals surface area contributed by atoms with Gasteiger partial charge in [-0.25, -0.2) is 4.98 Å². The van der Waals surface area contributed by atoms with E-state index in [1.54, 1.807) is 12.3 Å². The highest BCUT2D eigenvalue weighted by Crippen LogP contribution is 2.22. The minimum absolute atomic E-state index is 0.228. The number of amides is 1. The van der Waals surface area contributed by atoms with Gasteiger partial charge in [-0.1, -0.05) is 18.8 Å². The first-order chi connectivity index (χ1) is 10.1. The number of thiazole rings is 1. The van der Waals surface area contributed by atoms with Gasteiger partial charge in [0, 0.05) is 22.8 Å². The minimum atomic E-state index is -0.272. The minimum Gasteiger partial charge on any atom is -0.384 e. The summed E-state index contributed by atoms with van der Waals surface area (Å²) >= 11 is 1.46. The lowest BCUT2D eigenvalue weighted by atomic mass is 10.2. The molecule has 0 unspecified atom stereocenters. The molecule has 108 valence electrons. The van der Waals surface area contributed by atoms with Crippen molar-refractivity contribution in [2.24, 2.45) is 0 Å². The molecule has 2 heterocycles. The van der Waals surface area contributed by atoms with E-state index in [4.69, 9.17) is 5.11 Å². The number of aliphatic hydroxyl groups excluding tert-OH is 1. The van der Waals surface area contributed by atoms with Gasteiger partial charge in [0.25, 0.3) is 5.91 Å². The van der Waals surface area contributed by atoms with E-state index in [9.17, 15) is 4.79 Å². The molecule has 2 rings (SSSR count). The highest BCUT2D eigenvalue weighted by atomic mass is 32.1. The maximum atomic E-state index is 12.2. The Morgan fingerprint density at radius 3 is 2.95 bits per heavy atom. The van der Waals surface area contributed by atoms with Gasteiger partial charge in [-0.3, -0.25) is 15.1 Å². The maximum absolute atomic E-state index is 12.2. The molecule has 2 N–H and O–H groups in total. The summed E-state index contributed by atoms with van der Waals surface area (Å²) in [6.45, 7) is 3.79. The van der Waals surface area contributed by atoms with Crippen LogP contribution < -0.4 is 5.32 Å². The smallest absolute Gasteiger partial charge is 0.259 e. The summed E-state index contributed by atoms with van der Waals surface area (Å²) in [5.74, 6) is 4.97. The van der Waals surface area contributed by atoms with E-state index in [0.717, 1.165) is 17.0 Å². The van der Waals surface area contributed by atoms with Crippen molar-refractivity contribution in [2.45, 2.75) is 20.3 Å². The van der Waals surface area contributed by atoms with Crippen molar-refractivity contribution in [2.75, 3.05) is 11.9 Å². The zero-order valence-corrected chi connectivity index (χ0v) is 12.6. The summed E-state index contributed by atoms with van der Waals surface area (Å²) in [6, 6.07) is 1.63. The Morgan fingerprint density at radius 2 is 2.29 bits per heavy atom. The molecule has 2 aromatic rings. The van der Waals surface area contributed by atoms with Crippen LogP contribution in [0.25, 0.3) is 0 Å². The van der Waals surface area contributed by atoms with Gasteiger partial charge >= 0.3 is 0 Å². The molecule has 0 bridgehead atoms. The van der Waals surface area contributed by atoms with Gasteiger partial charge in [0.2, 0.25) is 0 Å². The number of nitrogens with zero attached hydrogens (tertiary/aromatic N) is 2. The number of carbonyl (C=O) groups excluding carboxylic acids is 1. The van der Waals surface area contributed by atoms with Crippen molar-refractivity contribution in [1.29, 1.82) is 0 Å².